The summed E-state index contributed by atoms with van der Waals surface area (Å²) >= 11 is 0. The lowest BCUT2D eigenvalue weighted by Gasteiger charge is -2.32. The van der Waals surface area contributed by atoms with Crippen molar-refractivity contribution in [1.29, 1.82) is 0 Å². The van der Waals surface area contributed by atoms with Gasteiger partial charge in [-0.25, -0.2) is 0 Å². The summed E-state index contributed by atoms with van der Waals surface area (Å²) in [5.41, 5.74) is 15.8. The van der Waals surface area contributed by atoms with Crippen molar-refractivity contribution in [3.63, 3.8) is 0 Å². The third-order valence-electron chi connectivity index (χ3n) is 12.5. The number of hydrogen-bond acceptors (Lipinski definition) is 1. The van der Waals surface area contributed by atoms with E-state index in [0.29, 0.717) is 0 Å². The Morgan fingerprint density at radius 2 is 0.897 bits per heavy atom. The summed E-state index contributed by atoms with van der Waals surface area (Å²) in [7, 11) is 0. The quantitative estimate of drug-likeness (QED) is 0.154. The molecule has 1 aliphatic carbocycles. The molecule has 1 nitrogen and oxygen atoms in total. The van der Waals surface area contributed by atoms with Crippen LogP contribution in [0.2, 0.25) is 0 Å². The largest absolute Gasteiger partial charge is 0.309 e. The zero-order valence-electron chi connectivity index (χ0n) is 32.7. The van der Waals surface area contributed by atoms with Gasteiger partial charge in [-0.2, -0.15) is 0 Å². The van der Waals surface area contributed by atoms with Crippen molar-refractivity contribution in [1.82, 2.24) is 0 Å². The summed E-state index contributed by atoms with van der Waals surface area (Å²) < 4.78 is 0. The highest BCUT2D eigenvalue weighted by Gasteiger charge is 2.36. The van der Waals surface area contributed by atoms with E-state index in [1.807, 2.05) is 0 Å². The van der Waals surface area contributed by atoms with E-state index < -0.39 is 0 Å². The monoisotopic (exact) mass is 739 g/mol. The van der Waals surface area contributed by atoms with Crippen LogP contribution in [0.15, 0.2) is 212 Å². The van der Waals surface area contributed by atoms with Gasteiger partial charge in [-0.3, -0.25) is 0 Å². The fraction of sp³-hybridized carbons (Fsp3) is 0.0526. The van der Waals surface area contributed by atoms with Gasteiger partial charge in [0.15, 0.2) is 0 Å². The Labute approximate surface area is 340 Å². The van der Waals surface area contributed by atoms with Crippen LogP contribution in [-0.4, -0.2) is 0 Å². The number of fused-ring (bicyclic) bond motifs is 7. The fourth-order valence-electron chi connectivity index (χ4n) is 9.73. The standard InChI is InChI=1S/C57H41N/c1-57(2)52-31-14-12-28-48(52)49-35-34-41(37-53(49)57)58(54-32-15-13-25-44(54)39-18-4-3-5-19-39)55-33-17-30-50(46-29-16-22-38-20-6-8-23-42(38)46)56(55)51-36-40-21-7-9-24-43(40)45-26-10-11-27-47(45)51/h3-37H,1-2H3. The van der Waals surface area contributed by atoms with Crippen LogP contribution in [0, 0.1) is 0 Å². The molecule has 0 N–H and O–H groups in total. The maximum absolute atomic E-state index is 2.54. The van der Waals surface area contributed by atoms with Gasteiger partial charge >= 0.3 is 0 Å². The Balaban J connectivity index is 1.28. The molecule has 0 fully saturated rings. The van der Waals surface area contributed by atoms with Gasteiger partial charge in [0.05, 0.1) is 11.4 Å². The smallest absolute Gasteiger partial charge is 0.0546 e. The molecule has 1 heteroatoms. The van der Waals surface area contributed by atoms with E-state index in [-0.39, 0.29) is 5.41 Å². The molecule has 10 aromatic rings. The van der Waals surface area contributed by atoms with Crippen LogP contribution in [0.1, 0.15) is 25.0 Å². The SMILES string of the molecule is CC1(C)c2ccccc2-c2ccc(N(c3ccccc3-c3ccccc3)c3cccc(-c4cccc5ccccc45)c3-c3cc4ccccc4c4ccccc34)cc21. The van der Waals surface area contributed by atoms with E-state index in [0.717, 1.165) is 17.1 Å². The van der Waals surface area contributed by atoms with E-state index >= 15 is 0 Å². The average Bonchev–Trinajstić information content (AvgIpc) is 3.51. The zero-order chi connectivity index (χ0) is 38.8. The topological polar surface area (TPSA) is 3.24 Å². The van der Waals surface area contributed by atoms with Gasteiger partial charge in [-0.1, -0.05) is 196 Å². The van der Waals surface area contributed by atoms with Crippen LogP contribution in [0.25, 0.3) is 76.8 Å². The third-order valence-corrected chi connectivity index (χ3v) is 12.5. The maximum atomic E-state index is 2.54. The van der Waals surface area contributed by atoms with Crippen molar-refractivity contribution in [3.8, 4) is 44.5 Å². The predicted molar refractivity (Wildman–Crippen MR) is 248 cm³/mol. The molecule has 0 aromatic heterocycles. The highest BCUT2D eigenvalue weighted by Crippen LogP contribution is 2.54. The van der Waals surface area contributed by atoms with E-state index in [1.54, 1.807) is 0 Å². The summed E-state index contributed by atoms with van der Waals surface area (Å²) in [5, 5.41) is 7.44. The van der Waals surface area contributed by atoms with Crippen LogP contribution in [0.3, 0.4) is 0 Å². The fourth-order valence-corrected chi connectivity index (χ4v) is 9.73. The van der Waals surface area contributed by atoms with Crippen molar-refractivity contribution in [2.45, 2.75) is 19.3 Å². The lowest BCUT2D eigenvalue weighted by molar-refractivity contribution is 0.660. The minimum Gasteiger partial charge on any atom is -0.309 e. The molecule has 0 radical (unpaired) electrons. The summed E-state index contributed by atoms with van der Waals surface area (Å²) in [4.78, 5) is 2.54. The van der Waals surface area contributed by atoms with Gasteiger partial charge < -0.3 is 4.90 Å². The lowest BCUT2D eigenvalue weighted by atomic mass is 9.82. The Kier molecular flexibility index (Phi) is 7.91. The Morgan fingerprint density at radius 3 is 1.74 bits per heavy atom. The second kappa shape index (κ2) is 13.5. The molecule has 58 heavy (non-hydrogen) atoms. The molecule has 274 valence electrons. The molecule has 11 rings (SSSR count). The van der Waals surface area contributed by atoms with Gasteiger partial charge in [0, 0.05) is 22.2 Å². The summed E-state index contributed by atoms with van der Waals surface area (Å²) in [6, 6.07) is 78.4. The van der Waals surface area contributed by atoms with E-state index in [9.17, 15) is 0 Å². The first-order valence-corrected chi connectivity index (χ1v) is 20.3. The molecule has 0 bridgehead atoms. The first-order valence-electron chi connectivity index (χ1n) is 20.3. The molecule has 0 spiro atoms. The Bertz CT molecular complexity index is 3200. The third kappa shape index (κ3) is 5.31. The number of benzene rings is 10. The van der Waals surface area contributed by atoms with Crippen molar-refractivity contribution in [2.24, 2.45) is 0 Å². The van der Waals surface area contributed by atoms with Crippen molar-refractivity contribution in [2.75, 3.05) is 4.90 Å². The molecule has 0 amide bonds. The van der Waals surface area contributed by atoms with Crippen molar-refractivity contribution < 1.29 is 0 Å². The van der Waals surface area contributed by atoms with Gasteiger partial charge in [0.1, 0.15) is 0 Å². The number of rotatable bonds is 6. The van der Waals surface area contributed by atoms with Crippen LogP contribution in [0.5, 0.6) is 0 Å². The molecule has 10 aromatic carbocycles. The first kappa shape index (κ1) is 34.1. The normalized spacial score (nSPS) is 12.8. The van der Waals surface area contributed by atoms with Crippen LogP contribution >= 0.6 is 0 Å². The maximum Gasteiger partial charge on any atom is 0.0546 e. The van der Waals surface area contributed by atoms with Gasteiger partial charge in [0.25, 0.3) is 0 Å². The highest BCUT2D eigenvalue weighted by atomic mass is 15.1. The van der Waals surface area contributed by atoms with Gasteiger partial charge in [-0.15, -0.1) is 0 Å². The predicted octanol–water partition coefficient (Wildman–Crippen LogP) is 15.9. The average molecular weight is 740 g/mol. The second-order valence-electron chi connectivity index (χ2n) is 16.0. The van der Waals surface area contributed by atoms with Crippen molar-refractivity contribution >= 4 is 49.4 Å². The van der Waals surface area contributed by atoms with E-state index in [2.05, 4.69) is 231 Å². The first-order chi connectivity index (χ1) is 28.6. The van der Waals surface area contributed by atoms with E-state index in [4.69, 9.17) is 0 Å². The Morgan fingerprint density at radius 1 is 0.328 bits per heavy atom. The second-order valence-corrected chi connectivity index (χ2v) is 16.0. The number of anilines is 3. The summed E-state index contributed by atoms with van der Waals surface area (Å²) in [6.45, 7) is 4.75. The molecule has 0 atom stereocenters. The van der Waals surface area contributed by atoms with Gasteiger partial charge in [-0.05, 0) is 107 Å². The van der Waals surface area contributed by atoms with Crippen LogP contribution < -0.4 is 4.90 Å². The molecule has 0 saturated heterocycles. The minimum absolute atomic E-state index is 0.158. The van der Waals surface area contributed by atoms with Crippen molar-refractivity contribution in [3.05, 3.63) is 223 Å². The lowest BCUT2D eigenvalue weighted by Crippen LogP contribution is -2.17. The molecule has 0 saturated carbocycles. The molecule has 0 heterocycles. The van der Waals surface area contributed by atoms with Gasteiger partial charge in [0.2, 0.25) is 0 Å². The molecule has 1 aliphatic rings. The number of para-hydroxylation sites is 1. The molecule has 0 unspecified atom stereocenters. The zero-order valence-corrected chi connectivity index (χ0v) is 32.7. The van der Waals surface area contributed by atoms with E-state index in [1.165, 1.54) is 88.0 Å². The minimum atomic E-state index is -0.158. The number of nitrogens with zero attached hydrogens (tertiary/aromatic N) is 1. The molecule has 0 aliphatic heterocycles. The number of hydrogen-bond donors (Lipinski definition) is 0. The highest BCUT2D eigenvalue weighted by molar-refractivity contribution is 6.17. The summed E-state index contributed by atoms with van der Waals surface area (Å²) in [6.07, 6.45) is 0. The Hall–Kier alpha value is -7.22. The van der Waals surface area contributed by atoms with Crippen LogP contribution in [-0.2, 0) is 5.41 Å². The van der Waals surface area contributed by atoms with Crippen LogP contribution in [0.4, 0.5) is 17.1 Å². The molecular formula is C57H41N. The molecular weight excluding hydrogens is 699 g/mol. The summed E-state index contributed by atoms with van der Waals surface area (Å²) in [5.74, 6) is 0.